The number of hydrogen-bond acceptors (Lipinski definition) is 6. The molecule has 1 atom stereocenters. The lowest BCUT2D eigenvalue weighted by Gasteiger charge is -2.26. The van der Waals surface area contributed by atoms with E-state index in [-0.39, 0.29) is 37.6 Å². The van der Waals surface area contributed by atoms with E-state index in [1.54, 1.807) is 20.8 Å². The van der Waals surface area contributed by atoms with E-state index in [1.165, 1.54) is 4.90 Å². The average molecular weight is 326 g/mol. The maximum Gasteiger partial charge on any atom is 0.374 e. The Labute approximate surface area is 134 Å². The quantitative estimate of drug-likeness (QED) is 0.210. The molecule has 2 rings (SSSR count). The van der Waals surface area contributed by atoms with Crippen LogP contribution in [-0.2, 0) is 23.9 Å². The predicted molar refractivity (Wildman–Crippen MR) is 78.5 cm³/mol. The fraction of sp³-hybridized carbons (Fsp3) is 0.733. The molecule has 0 N–H and O–H groups in total. The summed E-state index contributed by atoms with van der Waals surface area (Å²) in [5, 5.41) is 0. The maximum atomic E-state index is 12.4. The third kappa shape index (κ3) is 3.69. The minimum Gasteiger partial charge on any atom is -0.460 e. The molecular weight excluding hydrogens is 304 g/mol. The van der Waals surface area contributed by atoms with Gasteiger partial charge in [0.25, 0.3) is 5.91 Å². The number of ketones is 1. The molecule has 2 aliphatic heterocycles. The predicted octanol–water partition coefficient (Wildman–Crippen LogP) is 0.340. The Morgan fingerprint density at radius 1 is 1.35 bits per heavy atom. The fourth-order valence-corrected chi connectivity index (χ4v) is 2.41. The smallest absolute Gasteiger partial charge is 0.374 e. The van der Waals surface area contributed by atoms with E-state index in [1.807, 2.05) is 0 Å². The van der Waals surface area contributed by atoms with Gasteiger partial charge >= 0.3 is 12.0 Å². The molecule has 0 aromatic heterocycles. The number of carbonyl (C=O) groups is 4. The Kier molecular flexibility index (Phi) is 5.03. The number of carbonyl (C=O) groups excluding carboxylic acids is 4. The lowest BCUT2D eigenvalue weighted by Crippen LogP contribution is -2.45. The van der Waals surface area contributed by atoms with Crippen molar-refractivity contribution < 1.29 is 28.7 Å². The molecule has 2 aliphatic rings. The highest BCUT2D eigenvalue weighted by atomic mass is 16.6. The molecule has 8 heteroatoms. The number of rotatable bonds is 8. The summed E-state index contributed by atoms with van der Waals surface area (Å²) in [5.74, 6) is -1.74. The summed E-state index contributed by atoms with van der Waals surface area (Å²) in [6.45, 7) is 6.13. The molecule has 0 aliphatic carbocycles. The molecule has 2 heterocycles. The maximum absolute atomic E-state index is 12.4. The average Bonchev–Trinajstić information content (AvgIpc) is 3.31. The second kappa shape index (κ2) is 6.66. The van der Waals surface area contributed by atoms with Gasteiger partial charge in [0.15, 0.2) is 0 Å². The van der Waals surface area contributed by atoms with Crippen LogP contribution in [0.25, 0.3) is 0 Å². The van der Waals surface area contributed by atoms with Crippen LogP contribution in [0.3, 0.4) is 0 Å². The van der Waals surface area contributed by atoms with Gasteiger partial charge in [-0.05, 0) is 20.3 Å². The molecule has 8 nitrogen and oxygen atoms in total. The van der Waals surface area contributed by atoms with Crippen molar-refractivity contribution in [3.8, 4) is 0 Å². The summed E-state index contributed by atoms with van der Waals surface area (Å²) in [6, 6.07) is -0.355. The van der Waals surface area contributed by atoms with E-state index < -0.39 is 17.3 Å². The van der Waals surface area contributed by atoms with Gasteiger partial charge in [-0.3, -0.25) is 14.5 Å². The summed E-state index contributed by atoms with van der Waals surface area (Å²) in [6.07, 6.45) is 0.394. The zero-order valence-electron chi connectivity index (χ0n) is 13.7. The fourth-order valence-electron chi connectivity index (χ4n) is 2.41. The molecule has 128 valence electrons. The van der Waals surface area contributed by atoms with Gasteiger partial charge < -0.3 is 14.4 Å². The third-order valence-corrected chi connectivity index (χ3v) is 4.00. The summed E-state index contributed by atoms with van der Waals surface area (Å²) in [7, 11) is 0. The van der Waals surface area contributed by atoms with Crippen LogP contribution >= 0.6 is 0 Å². The van der Waals surface area contributed by atoms with Gasteiger partial charge in [0.2, 0.25) is 5.78 Å². The van der Waals surface area contributed by atoms with Crippen LogP contribution in [-0.4, -0.2) is 71.4 Å². The number of epoxide rings is 1. The third-order valence-electron chi connectivity index (χ3n) is 4.00. The van der Waals surface area contributed by atoms with Gasteiger partial charge in [0, 0.05) is 13.0 Å². The largest absolute Gasteiger partial charge is 0.460 e. The zero-order valence-corrected chi connectivity index (χ0v) is 13.7. The molecule has 0 aromatic rings. The molecule has 2 saturated heterocycles. The van der Waals surface area contributed by atoms with Crippen molar-refractivity contribution in [1.82, 2.24) is 9.80 Å². The molecule has 23 heavy (non-hydrogen) atoms. The van der Waals surface area contributed by atoms with Crippen LogP contribution in [0.15, 0.2) is 0 Å². The summed E-state index contributed by atoms with van der Waals surface area (Å²) < 4.78 is 9.93. The van der Waals surface area contributed by atoms with E-state index in [4.69, 9.17) is 9.47 Å². The highest BCUT2D eigenvalue weighted by molar-refractivity contribution is 6.33. The standard InChI is InChI=1S/C15H22N2O6/c1-4-11(18)12(19)22-7-5-6-16-13(20)15(2,3)17(14(16)21)8-10-9-23-10/h10H,4-9H2,1-3H3. The molecule has 0 aromatic carbocycles. The molecular formula is C15H22N2O6. The molecule has 0 spiro atoms. The van der Waals surface area contributed by atoms with Crippen LogP contribution in [0.2, 0.25) is 0 Å². The number of imide groups is 1. The van der Waals surface area contributed by atoms with Gasteiger partial charge in [-0.2, -0.15) is 0 Å². The minimum absolute atomic E-state index is 0.00615. The highest BCUT2D eigenvalue weighted by Crippen LogP contribution is 2.29. The van der Waals surface area contributed by atoms with E-state index in [0.717, 1.165) is 4.90 Å². The van der Waals surface area contributed by atoms with E-state index in [9.17, 15) is 19.2 Å². The molecule has 1 unspecified atom stereocenters. The lowest BCUT2D eigenvalue weighted by molar-refractivity contribution is -0.153. The van der Waals surface area contributed by atoms with Gasteiger partial charge in [0.1, 0.15) is 5.54 Å². The van der Waals surface area contributed by atoms with Crippen LogP contribution in [0.1, 0.15) is 33.6 Å². The zero-order chi connectivity index (χ0) is 17.2. The van der Waals surface area contributed by atoms with Gasteiger partial charge in [-0.1, -0.05) is 6.92 Å². The van der Waals surface area contributed by atoms with Crippen LogP contribution in [0.4, 0.5) is 4.79 Å². The first-order valence-corrected chi connectivity index (χ1v) is 7.74. The van der Waals surface area contributed by atoms with Crippen molar-refractivity contribution in [3.05, 3.63) is 0 Å². The SMILES string of the molecule is CCC(=O)C(=O)OCCCN1C(=O)N(CC2CO2)C(C)(C)C1=O. The first-order chi connectivity index (χ1) is 10.8. The molecule has 0 saturated carbocycles. The Morgan fingerprint density at radius 3 is 2.57 bits per heavy atom. The number of urea groups is 1. The van der Waals surface area contributed by atoms with Crippen molar-refractivity contribution in [2.24, 2.45) is 0 Å². The first-order valence-electron chi connectivity index (χ1n) is 7.74. The van der Waals surface area contributed by atoms with Crippen LogP contribution < -0.4 is 0 Å². The van der Waals surface area contributed by atoms with Crippen molar-refractivity contribution in [3.63, 3.8) is 0 Å². The van der Waals surface area contributed by atoms with E-state index in [2.05, 4.69) is 0 Å². The number of hydrogen-bond donors (Lipinski definition) is 0. The topological polar surface area (TPSA) is 96.5 Å². The van der Waals surface area contributed by atoms with Crippen molar-refractivity contribution >= 4 is 23.7 Å². The second-order valence-electron chi connectivity index (χ2n) is 6.13. The van der Waals surface area contributed by atoms with Gasteiger partial charge in [-0.25, -0.2) is 9.59 Å². The summed E-state index contributed by atoms with van der Waals surface area (Å²) in [5.41, 5.74) is -0.905. The summed E-state index contributed by atoms with van der Waals surface area (Å²) >= 11 is 0. The second-order valence-corrected chi connectivity index (χ2v) is 6.13. The Balaban J connectivity index is 1.85. The molecule has 2 fully saturated rings. The van der Waals surface area contributed by atoms with Crippen molar-refractivity contribution in [1.29, 1.82) is 0 Å². The normalized spacial score (nSPS) is 22.5. The number of ether oxygens (including phenoxy) is 2. The molecule has 0 radical (unpaired) electrons. The molecule has 3 amide bonds. The van der Waals surface area contributed by atoms with Crippen LogP contribution in [0.5, 0.6) is 0 Å². The Hall–Kier alpha value is -1.96. The number of amides is 3. The Bertz CT molecular complexity index is 526. The minimum atomic E-state index is -0.905. The van der Waals surface area contributed by atoms with E-state index in [0.29, 0.717) is 19.6 Å². The van der Waals surface area contributed by atoms with Crippen molar-refractivity contribution in [2.45, 2.75) is 45.3 Å². The monoisotopic (exact) mass is 326 g/mol. The van der Waals surface area contributed by atoms with E-state index >= 15 is 0 Å². The van der Waals surface area contributed by atoms with Crippen LogP contribution in [0, 0.1) is 0 Å². The lowest BCUT2D eigenvalue weighted by atomic mass is 10.0. The van der Waals surface area contributed by atoms with Crippen molar-refractivity contribution in [2.75, 3.05) is 26.3 Å². The number of Topliss-reactive ketones (excluding diaryl/α,β-unsaturated/α-hetero) is 1. The first kappa shape index (κ1) is 17.4. The van der Waals surface area contributed by atoms with Gasteiger partial charge in [-0.15, -0.1) is 0 Å². The Morgan fingerprint density at radius 2 is 2.00 bits per heavy atom. The number of nitrogens with zero attached hydrogens (tertiary/aromatic N) is 2. The summed E-state index contributed by atoms with van der Waals surface area (Å²) in [4.78, 5) is 49.8. The van der Waals surface area contributed by atoms with Gasteiger partial charge in [0.05, 0.1) is 25.9 Å². The number of esters is 1. The highest BCUT2D eigenvalue weighted by Gasteiger charge is 2.52. The molecule has 0 bridgehead atoms.